The van der Waals surface area contributed by atoms with Gasteiger partial charge in [0.25, 0.3) is 0 Å². The predicted octanol–water partition coefficient (Wildman–Crippen LogP) is 3.54. The van der Waals surface area contributed by atoms with Crippen LogP contribution in [-0.2, 0) is 0 Å². The maximum Gasteiger partial charge on any atom is 0.124 e. The highest BCUT2D eigenvalue weighted by atomic mass is 15.1. The molecule has 3 nitrogen and oxygen atoms in total. The molecule has 0 saturated carbocycles. The molecule has 3 heteroatoms. The van der Waals surface area contributed by atoms with Gasteiger partial charge >= 0.3 is 0 Å². The Labute approximate surface area is 122 Å². The van der Waals surface area contributed by atoms with Gasteiger partial charge in [-0.3, -0.25) is 5.41 Å². The lowest BCUT2D eigenvalue weighted by Crippen LogP contribution is -2.38. The lowest BCUT2D eigenvalue weighted by atomic mass is 9.75. The van der Waals surface area contributed by atoms with Gasteiger partial charge in [-0.2, -0.15) is 0 Å². The van der Waals surface area contributed by atoms with Crippen molar-refractivity contribution in [3.8, 4) is 0 Å². The van der Waals surface area contributed by atoms with Crippen LogP contribution < -0.4 is 10.6 Å². The fourth-order valence-electron chi connectivity index (χ4n) is 3.13. The molecule has 20 heavy (non-hydrogen) atoms. The second-order valence-electron chi connectivity index (χ2n) is 7.06. The van der Waals surface area contributed by atoms with E-state index in [9.17, 15) is 0 Å². The molecule has 1 aromatic carbocycles. The Kier molecular flexibility index (Phi) is 4.07. The lowest BCUT2D eigenvalue weighted by molar-refractivity contribution is 0.199. The fraction of sp³-hybridized carbons (Fsp3) is 0.588. The molecular weight excluding hydrogens is 246 g/mol. The molecule has 2 rings (SSSR count). The minimum absolute atomic E-state index is 0.168. The van der Waals surface area contributed by atoms with Gasteiger partial charge in [-0.1, -0.05) is 32.4 Å². The zero-order valence-electron chi connectivity index (χ0n) is 13.2. The van der Waals surface area contributed by atoms with Crippen molar-refractivity contribution in [3.05, 3.63) is 29.3 Å². The summed E-state index contributed by atoms with van der Waals surface area (Å²) in [6, 6.07) is 6.24. The van der Waals surface area contributed by atoms with Gasteiger partial charge in [0.1, 0.15) is 5.84 Å². The molecule has 3 N–H and O–H groups in total. The number of piperidine rings is 1. The zero-order valence-corrected chi connectivity index (χ0v) is 13.2. The zero-order chi connectivity index (χ0) is 14.9. The number of anilines is 1. The van der Waals surface area contributed by atoms with Crippen molar-refractivity contribution in [2.75, 3.05) is 18.0 Å². The van der Waals surface area contributed by atoms with Crippen LogP contribution in [0.15, 0.2) is 18.2 Å². The van der Waals surface area contributed by atoms with Crippen molar-refractivity contribution in [2.45, 2.75) is 40.5 Å². The molecule has 0 spiro atoms. The molecule has 0 unspecified atom stereocenters. The quantitative estimate of drug-likeness (QED) is 0.639. The lowest BCUT2D eigenvalue weighted by Gasteiger charge is -2.40. The molecule has 1 aliphatic rings. The van der Waals surface area contributed by atoms with Crippen molar-refractivity contribution < 1.29 is 0 Å². The van der Waals surface area contributed by atoms with Gasteiger partial charge in [-0.15, -0.1) is 0 Å². The molecule has 0 bridgehead atoms. The second-order valence-corrected chi connectivity index (χ2v) is 7.06. The molecule has 0 atom stereocenters. The summed E-state index contributed by atoms with van der Waals surface area (Å²) < 4.78 is 0. The molecule has 1 aromatic rings. The number of nitrogens with zero attached hydrogens (tertiary/aromatic N) is 1. The molecule has 110 valence electrons. The number of nitrogens with one attached hydrogen (secondary N) is 1. The van der Waals surface area contributed by atoms with Crippen LogP contribution in [0.3, 0.4) is 0 Å². The molecule has 1 aliphatic heterocycles. The van der Waals surface area contributed by atoms with Gasteiger partial charge in [0, 0.05) is 24.3 Å². The Morgan fingerprint density at radius 1 is 1.25 bits per heavy atom. The van der Waals surface area contributed by atoms with E-state index >= 15 is 0 Å². The van der Waals surface area contributed by atoms with Crippen LogP contribution >= 0.6 is 0 Å². The van der Waals surface area contributed by atoms with Gasteiger partial charge < -0.3 is 10.6 Å². The number of nitrogens with two attached hydrogens (primary N) is 1. The monoisotopic (exact) mass is 273 g/mol. The van der Waals surface area contributed by atoms with E-state index in [1.165, 1.54) is 12.8 Å². The molecule has 0 amide bonds. The SMILES string of the molecule is Cc1ccc(N2CCC(C(C)(C)C)CC2)c(C(=N)N)c1. The first-order valence-electron chi connectivity index (χ1n) is 7.49. The summed E-state index contributed by atoms with van der Waals surface area (Å²) in [4.78, 5) is 2.39. The summed E-state index contributed by atoms with van der Waals surface area (Å²) >= 11 is 0. The Hall–Kier alpha value is -1.51. The number of amidine groups is 1. The van der Waals surface area contributed by atoms with E-state index in [2.05, 4.69) is 37.8 Å². The summed E-state index contributed by atoms with van der Waals surface area (Å²) in [6.07, 6.45) is 2.43. The molecule has 1 fully saturated rings. The van der Waals surface area contributed by atoms with E-state index in [1.54, 1.807) is 0 Å². The van der Waals surface area contributed by atoms with Crippen LogP contribution in [0, 0.1) is 23.7 Å². The van der Waals surface area contributed by atoms with Crippen LogP contribution in [0.4, 0.5) is 5.69 Å². The highest BCUT2D eigenvalue weighted by molar-refractivity contribution is 6.00. The fourth-order valence-corrected chi connectivity index (χ4v) is 3.13. The number of hydrogen-bond acceptors (Lipinski definition) is 2. The highest BCUT2D eigenvalue weighted by Gasteiger charge is 2.29. The van der Waals surface area contributed by atoms with E-state index in [-0.39, 0.29) is 5.84 Å². The van der Waals surface area contributed by atoms with E-state index in [1.807, 2.05) is 13.0 Å². The van der Waals surface area contributed by atoms with Gasteiger partial charge in [-0.25, -0.2) is 0 Å². The minimum atomic E-state index is 0.168. The highest BCUT2D eigenvalue weighted by Crippen LogP contribution is 2.36. The van der Waals surface area contributed by atoms with Crippen molar-refractivity contribution in [1.82, 2.24) is 0 Å². The van der Waals surface area contributed by atoms with Crippen molar-refractivity contribution in [3.63, 3.8) is 0 Å². The van der Waals surface area contributed by atoms with Crippen LogP contribution in [0.25, 0.3) is 0 Å². The third kappa shape index (κ3) is 3.14. The minimum Gasteiger partial charge on any atom is -0.384 e. The summed E-state index contributed by atoms with van der Waals surface area (Å²) in [6.45, 7) is 11.2. The Balaban J connectivity index is 2.17. The Bertz CT molecular complexity index is 491. The van der Waals surface area contributed by atoms with Crippen molar-refractivity contribution in [1.29, 1.82) is 5.41 Å². The summed E-state index contributed by atoms with van der Waals surface area (Å²) in [7, 11) is 0. The maximum absolute atomic E-state index is 7.78. The number of benzene rings is 1. The van der Waals surface area contributed by atoms with Crippen LogP contribution in [0.1, 0.15) is 44.7 Å². The molecule has 0 aliphatic carbocycles. The Morgan fingerprint density at radius 2 is 1.85 bits per heavy atom. The van der Waals surface area contributed by atoms with Gasteiger partial charge in [0.15, 0.2) is 0 Å². The third-order valence-corrected chi connectivity index (χ3v) is 4.50. The molecule has 1 saturated heterocycles. The first-order valence-corrected chi connectivity index (χ1v) is 7.49. The molecule has 0 radical (unpaired) electrons. The molecule has 0 aromatic heterocycles. The van der Waals surface area contributed by atoms with Crippen LogP contribution in [0.5, 0.6) is 0 Å². The Morgan fingerprint density at radius 3 is 2.35 bits per heavy atom. The van der Waals surface area contributed by atoms with Crippen molar-refractivity contribution >= 4 is 11.5 Å². The average Bonchev–Trinajstić information content (AvgIpc) is 2.37. The van der Waals surface area contributed by atoms with E-state index < -0.39 is 0 Å². The van der Waals surface area contributed by atoms with Crippen molar-refractivity contribution in [2.24, 2.45) is 17.1 Å². The topological polar surface area (TPSA) is 53.1 Å². The van der Waals surface area contributed by atoms with E-state index in [4.69, 9.17) is 11.1 Å². The standard InChI is InChI=1S/C17H27N3/c1-12-5-6-15(14(11-12)16(18)19)20-9-7-13(8-10-20)17(2,3)4/h5-6,11,13H,7-10H2,1-4H3,(H3,18,19). The van der Waals surface area contributed by atoms with E-state index in [0.717, 1.165) is 35.8 Å². The average molecular weight is 273 g/mol. The van der Waals surface area contributed by atoms with Gasteiger partial charge in [0.2, 0.25) is 0 Å². The second kappa shape index (κ2) is 5.47. The first-order chi connectivity index (χ1) is 9.29. The number of rotatable bonds is 2. The van der Waals surface area contributed by atoms with Crippen LogP contribution in [-0.4, -0.2) is 18.9 Å². The van der Waals surface area contributed by atoms with E-state index in [0.29, 0.717) is 5.41 Å². The first kappa shape index (κ1) is 14.9. The molecule has 1 heterocycles. The summed E-state index contributed by atoms with van der Waals surface area (Å²) in [5, 5.41) is 7.78. The summed E-state index contributed by atoms with van der Waals surface area (Å²) in [5.41, 5.74) is 9.29. The normalized spacial score (nSPS) is 17.3. The molecular formula is C17H27N3. The number of hydrogen-bond donors (Lipinski definition) is 2. The van der Waals surface area contributed by atoms with Gasteiger partial charge in [-0.05, 0) is 43.2 Å². The number of aryl methyl sites for hydroxylation is 1. The van der Waals surface area contributed by atoms with Crippen LogP contribution in [0.2, 0.25) is 0 Å². The van der Waals surface area contributed by atoms with Gasteiger partial charge in [0.05, 0.1) is 0 Å². The smallest absolute Gasteiger partial charge is 0.124 e. The summed E-state index contributed by atoms with van der Waals surface area (Å²) in [5.74, 6) is 0.951. The number of nitrogen functional groups attached to an aromatic ring is 1. The largest absolute Gasteiger partial charge is 0.384 e. The maximum atomic E-state index is 7.78. The third-order valence-electron chi connectivity index (χ3n) is 4.50. The predicted molar refractivity (Wildman–Crippen MR) is 86.6 cm³/mol.